The standard InChI is InChI=1S/C27H31N3O4/c1-19(2)26(27(32)29-23-13-12-22(33-3)16-24(23)34-4)30(18-21-11-8-14-28-17-21)25(31)15-20-9-6-5-7-10-20/h5-14,16-17,19,26H,15,18H2,1-4H3,(H,29,32). The zero-order valence-corrected chi connectivity index (χ0v) is 20.0. The Morgan fingerprint density at radius 3 is 2.32 bits per heavy atom. The van der Waals surface area contributed by atoms with Crippen molar-refractivity contribution in [3.63, 3.8) is 0 Å². The second-order valence-corrected chi connectivity index (χ2v) is 8.29. The number of ether oxygens (including phenoxy) is 2. The molecule has 0 radical (unpaired) electrons. The van der Waals surface area contributed by atoms with Crippen LogP contribution in [0.15, 0.2) is 73.1 Å². The van der Waals surface area contributed by atoms with Crippen LogP contribution in [0.4, 0.5) is 5.69 Å². The van der Waals surface area contributed by atoms with Crippen molar-refractivity contribution in [1.29, 1.82) is 0 Å². The Morgan fingerprint density at radius 1 is 0.971 bits per heavy atom. The predicted octanol–water partition coefficient (Wildman–Crippen LogP) is 4.33. The lowest BCUT2D eigenvalue weighted by Gasteiger charge is -2.34. The molecule has 1 heterocycles. The molecule has 7 nitrogen and oxygen atoms in total. The number of nitrogens with one attached hydrogen (secondary N) is 1. The van der Waals surface area contributed by atoms with Crippen molar-refractivity contribution in [2.45, 2.75) is 32.9 Å². The molecule has 3 aromatic rings. The largest absolute Gasteiger partial charge is 0.497 e. The number of methoxy groups -OCH3 is 2. The summed E-state index contributed by atoms with van der Waals surface area (Å²) in [4.78, 5) is 32.9. The van der Waals surface area contributed by atoms with E-state index >= 15 is 0 Å². The van der Waals surface area contributed by atoms with Crippen LogP contribution >= 0.6 is 0 Å². The van der Waals surface area contributed by atoms with E-state index in [1.54, 1.807) is 42.6 Å². The summed E-state index contributed by atoms with van der Waals surface area (Å²) in [5, 5.41) is 2.95. The van der Waals surface area contributed by atoms with Gasteiger partial charge >= 0.3 is 0 Å². The zero-order chi connectivity index (χ0) is 24.5. The van der Waals surface area contributed by atoms with Gasteiger partial charge in [0.15, 0.2) is 0 Å². The van der Waals surface area contributed by atoms with Crippen LogP contribution in [-0.2, 0) is 22.6 Å². The second-order valence-electron chi connectivity index (χ2n) is 8.29. The molecule has 0 bridgehead atoms. The molecule has 1 unspecified atom stereocenters. The number of hydrogen-bond acceptors (Lipinski definition) is 5. The monoisotopic (exact) mass is 461 g/mol. The van der Waals surface area contributed by atoms with Gasteiger partial charge in [0.1, 0.15) is 17.5 Å². The first-order valence-corrected chi connectivity index (χ1v) is 11.2. The van der Waals surface area contributed by atoms with Crippen molar-refractivity contribution in [2.24, 2.45) is 5.92 Å². The van der Waals surface area contributed by atoms with E-state index in [-0.39, 0.29) is 30.7 Å². The summed E-state index contributed by atoms with van der Waals surface area (Å²) in [7, 11) is 3.10. The Bertz CT molecular complexity index is 1090. The fourth-order valence-electron chi connectivity index (χ4n) is 3.81. The summed E-state index contributed by atoms with van der Waals surface area (Å²) < 4.78 is 10.7. The maximum Gasteiger partial charge on any atom is 0.247 e. The molecule has 34 heavy (non-hydrogen) atoms. The van der Waals surface area contributed by atoms with E-state index in [2.05, 4.69) is 10.3 Å². The van der Waals surface area contributed by atoms with Crippen molar-refractivity contribution >= 4 is 17.5 Å². The van der Waals surface area contributed by atoms with Gasteiger partial charge in [-0.2, -0.15) is 0 Å². The van der Waals surface area contributed by atoms with Gasteiger partial charge in [-0.3, -0.25) is 14.6 Å². The molecule has 0 saturated heterocycles. The van der Waals surface area contributed by atoms with Crippen molar-refractivity contribution < 1.29 is 19.1 Å². The highest BCUT2D eigenvalue weighted by Crippen LogP contribution is 2.30. The van der Waals surface area contributed by atoms with Crippen LogP contribution in [0.25, 0.3) is 0 Å². The number of benzene rings is 2. The number of hydrogen-bond donors (Lipinski definition) is 1. The van der Waals surface area contributed by atoms with Crippen LogP contribution in [0.5, 0.6) is 11.5 Å². The molecule has 1 atom stereocenters. The van der Waals surface area contributed by atoms with Gasteiger partial charge in [-0.25, -0.2) is 0 Å². The topological polar surface area (TPSA) is 80.8 Å². The summed E-state index contributed by atoms with van der Waals surface area (Å²) in [6.45, 7) is 4.14. The third-order valence-electron chi connectivity index (χ3n) is 5.50. The van der Waals surface area contributed by atoms with E-state index in [4.69, 9.17) is 9.47 Å². The number of carbonyl (C=O) groups is 2. The molecule has 0 aliphatic rings. The van der Waals surface area contributed by atoms with Gasteiger partial charge in [0.2, 0.25) is 11.8 Å². The minimum atomic E-state index is -0.705. The van der Waals surface area contributed by atoms with Gasteiger partial charge in [-0.05, 0) is 35.2 Å². The van der Waals surface area contributed by atoms with Gasteiger partial charge in [-0.1, -0.05) is 50.2 Å². The lowest BCUT2D eigenvalue weighted by molar-refractivity contribution is -0.140. The molecular weight excluding hydrogens is 430 g/mol. The number of rotatable bonds is 10. The van der Waals surface area contributed by atoms with Gasteiger partial charge in [0, 0.05) is 25.0 Å². The van der Waals surface area contributed by atoms with Gasteiger partial charge in [-0.15, -0.1) is 0 Å². The van der Waals surface area contributed by atoms with Gasteiger partial charge in [0.05, 0.1) is 26.3 Å². The smallest absolute Gasteiger partial charge is 0.247 e. The summed E-state index contributed by atoms with van der Waals surface area (Å²) >= 11 is 0. The van der Waals surface area contributed by atoms with Crippen LogP contribution in [0.3, 0.4) is 0 Å². The number of anilines is 1. The Morgan fingerprint density at radius 2 is 1.71 bits per heavy atom. The Labute approximate surface area is 200 Å². The molecule has 0 fully saturated rings. The highest BCUT2D eigenvalue weighted by atomic mass is 16.5. The molecule has 0 aliphatic carbocycles. The first-order chi connectivity index (χ1) is 16.4. The summed E-state index contributed by atoms with van der Waals surface area (Å²) in [5.74, 6) is 0.533. The molecule has 2 amide bonds. The summed E-state index contributed by atoms with van der Waals surface area (Å²) in [6, 6.07) is 17.7. The van der Waals surface area contributed by atoms with Gasteiger partial charge in [0.25, 0.3) is 0 Å². The lowest BCUT2D eigenvalue weighted by Crippen LogP contribution is -2.50. The maximum atomic E-state index is 13.6. The van der Waals surface area contributed by atoms with E-state index in [1.165, 1.54) is 7.11 Å². The minimum Gasteiger partial charge on any atom is -0.497 e. The van der Waals surface area contributed by atoms with Crippen LogP contribution in [0.1, 0.15) is 25.0 Å². The molecule has 0 saturated carbocycles. The Balaban J connectivity index is 1.91. The lowest BCUT2D eigenvalue weighted by atomic mass is 9.99. The van der Waals surface area contributed by atoms with Crippen molar-refractivity contribution in [3.8, 4) is 11.5 Å². The van der Waals surface area contributed by atoms with Crippen LogP contribution < -0.4 is 14.8 Å². The molecule has 1 aromatic heterocycles. The van der Waals surface area contributed by atoms with E-state index in [0.29, 0.717) is 17.2 Å². The molecule has 7 heteroatoms. The molecular formula is C27H31N3O4. The van der Waals surface area contributed by atoms with Crippen LogP contribution in [0.2, 0.25) is 0 Å². The second kappa shape index (κ2) is 11.8. The summed E-state index contributed by atoms with van der Waals surface area (Å²) in [5.41, 5.74) is 2.25. The fraction of sp³-hybridized carbons (Fsp3) is 0.296. The fourth-order valence-corrected chi connectivity index (χ4v) is 3.81. The first kappa shape index (κ1) is 24.8. The predicted molar refractivity (Wildman–Crippen MR) is 132 cm³/mol. The molecule has 178 valence electrons. The normalized spacial score (nSPS) is 11.6. The molecule has 0 spiro atoms. The van der Waals surface area contributed by atoms with E-state index in [9.17, 15) is 9.59 Å². The molecule has 2 aromatic carbocycles. The number of amides is 2. The Kier molecular flexibility index (Phi) is 8.62. The quantitative estimate of drug-likeness (QED) is 0.486. The third-order valence-corrected chi connectivity index (χ3v) is 5.50. The number of nitrogens with zero attached hydrogens (tertiary/aromatic N) is 2. The van der Waals surface area contributed by atoms with Crippen molar-refractivity contribution in [3.05, 3.63) is 84.2 Å². The number of pyridine rings is 1. The average molecular weight is 462 g/mol. The van der Waals surface area contributed by atoms with Crippen molar-refractivity contribution in [2.75, 3.05) is 19.5 Å². The third kappa shape index (κ3) is 6.34. The zero-order valence-electron chi connectivity index (χ0n) is 20.0. The first-order valence-electron chi connectivity index (χ1n) is 11.2. The SMILES string of the molecule is COc1ccc(NC(=O)C(C(C)C)N(Cc2cccnc2)C(=O)Cc2ccccc2)c(OC)c1. The number of aromatic nitrogens is 1. The van der Waals surface area contributed by atoms with Gasteiger partial charge < -0.3 is 19.7 Å². The molecule has 1 N–H and O–H groups in total. The minimum absolute atomic E-state index is 0.134. The highest BCUT2D eigenvalue weighted by Gasteiger charge is 2.33. The Hall–Kier alpha value is -3.87. The van der Waals surface area contributed by atoms with Crippen molar-refractivity contribution in [1.82, 2.24) is 9.88 Å². The highest BCUT2D eigenvalue weighted by molar-refractivity contribution is 5.98. The maximum absolute atomic E-state index is 13.6. The average Bonchev–Trinajstić information content (AvgIpc) is 2.85. The van der Waals surface area contributed by atoms with E-state index in [1.807, 2.05) is 56.3 Å². The number of carbonyl (C=O) groups excluding carboxylic acids is 2. The molecule has 0 aliphatic heterocycles. The van der Waals surface area contributed by atoms with Crippen LogP contribution in [0, 0.1) is 5.92 Å². The van der Waals surface area contributed by atoms with E-state index < -0.39 is 6.04 Å². The molecule has 3 rings (SSSR count). The van der Waals surface area contributed by atoms with Crippen LogP contribution in [-0.4, -0.2) is 42.0 Å². The van der Waals surface area contributed by atoms with E-state index in [0.717, 1.165) is 11.1 Å². The summed E-state index contributed by atoms with van der Waals surface area (Å²) in [6.07, 6.45) is 3.59.